The summed E-state index contributed by atoms with van der Waals surface area (Å²) in [4.78, 5) is 0. The van der Waals surface area contributed by atoms with Crippen LogP contribution in [0.15, 0.2) is 30.3 Å². The summed E-state index contributed by atoms with van der Waals surface area (Å²) in [6, 6.07) is 10.2. The molecular formula is C8H10IN. The van der Waals surface area contributed by atoms with Gasteiger partial charge in [-0.25, -0.2) is 0 Å². The fourth-order valence-corrected chi connectivity index (χ4v) is 1.02. The van der Waals surface area contributed by atoms with Gasteiger partial charge in [-0.2, -0.15) is 0 Å². The first-order chi connectivity index (χ1) is 4.93. The molecule has 1 aromatic rings. The van der Waals surface area contributed by atoms with E-state index in [-0.39, 0.29) is 0 Å². The molecule has 0 bridgehead atoms. The predicted molar refractivity (Wildman–Crippen MR) is 53.8 cm³/mol. The Morgan fingerprint density at radius 3 is 2.50 bits per heavy atom. The van der Waals surface area contributed by atoms with Gasteiger partial charge in [0, 0.05) is 16.7 Å². The Balaban J connectivity index is 2.43. The highest BCUT2D eigenvalue weighted by molar-refractivity contribution is 14.1. The molecule has 0 amide bonds. The van der Waals surface area contributed by atoms with Gasteiger partial charge >= 0.3 is 0 Å². The number of para-hydroxylation sites is 1. The van der Waals surface area contributed by atoms with Gasteiger partial charge in [-0.3, -0.25) is 0 Å². The molecule has 54 valence electrons. The highest BCUT2D eigenvalue weighted by Gasteiger charge is 1.84. The van der Waals surface area contributed by atoms with Gasteiger partial charge in [0.15, 0.2) is 0 Å². The van der Waals surface area contributed by atoms with Crippen LogP contribution in [0.4, 0.5) is 5.69 Å². The first-order valence-corrected chi connectivity index (χ1v) is 4.81. The molecule has 1 rings (SSSR count). The van der Waals surface area contributed by atoms with Crippen LogP contribution < -0.4 is 5.32 Å². The Morgan fingerprint density at radius 2 is 1.90 bits per heavy atom. The Morgan fingerprint density at radius 1 is 1.20 bits per heavy atom. The summed E-state index contributed by atoms with van der Waals surface area (Å²) < 4.78 is 1.15. The van der Waals surface area contributed by atoms with Gasteiger partial charge in [-0.1, -0.05) is 40.8 Å². The summed E-state index contributed by atoms with van der Waals surface area (Å²) in [5, 5.41) is 3.29. The van der Waals surface area contributed by atoms with Gasteiger partial charge in [-0.15, -0.1) is 0 Å². The van der Waals surface area contributed by atoms with Crippen molar-refractivity contribution in [1.82, 2.24) is 0 Å². The van der Waals surface area contributed by atoms with E-state index in [9.17, 15) is 0 Å². The Bertz CT molecular complexity index is 174. The number of hydrogen-bond donors (Lipinski definition) is 1. The molecule has 0 aliphatic heterocycles. The lowest BCUT2D eigenvalue weighted by Crippen LogP contribution is -2.00. The van der Waals surface area contributed by atoms with Crippen LogP contribution in [0.3, 0.4) is 0 Å². The largest absolute Gasteiger partial charge is 0.384 e. The Kier molecular flexibility index (Phi) is 3.57. The molecule has 10 heavy (non-hydrogen) atoms. The van der Waals surface area contributed by atoms with Crippen LogP contribution >= 0.6 is 22.6 Å². The summed E-state index contributed by atoms with van der Waals surface area (Å²) in [5.74, 6) is 0. The lowest BCUT2D eigenvalue weighted by molar-refractivity contribution is 1.25. The van der Waals surface area contributed by atoms with Gasteiger partial charge in [0.05, 0.1) is 0 Å². The summed E-state index contributed by atoms with van der Waals surface area (Å²) in [7, 11) is 0. The van der Waals surface area contributed by atoms with Crippen molar-refractivity contribution in [3.8, 4) is 0 Å². The maximum absolute atomic E-state index is 3.29. The number of anilines is 1. The normalized spacial score (nSPS) is 9.30. The van der Waals surface area contributed by atoms with Gasteiger partial charge in [0.1, 0.15) is 0 Å². The molecule has 1 nitrogen and oxygen atoms in total. The van der Waals surface area contributed by atoms with Crippen molar-refractivity contribution < 1.29 is 0 Å². The molecular weight excluding hydrogens is 237 g/mol. The molecule has 0 radical (unpaired) electrons. The number of nitrogens with one attached hydrogen (secondary N) is 1. The second-order valence-electron chi connectivity index (χ2n) is 1.98. The fraction of sp³-hybridized carbons (Fsp3) is 0.250. The van der Waals surface area contributed by atoms with E-state index in [0.717, 1.165) is 11.0 Å². The third-order valence-corrected chi connectivity index (χ3v) is 1.74. The molecule has 0 aliphatic carbocycles. The average molecular weight is 247 g/mol. The standard InChI is InChI=1S/C8H10IN/c9-6-7-10-8-4-2-1-3-5-8/h1-5,10H,6-7H2. The lowest BCUT2D eigenvalue weighted by atomic mass is 10.3. The molecule has 1 N–H and O–H groups in total. The lowest BCUT2D eigenvalue weighted by Gasteiger charge is -2.01. The van der Waals surface area contributed by atoms with E-state index >= 15 is 0 Å². The molecule has 0 aromatic heterocycles. The monoisotopic (exact) mass is 247 g/mol. The minimum Gasteiger partial charge on any atom is -0.384 e. The number of halogens is 1. The second kappa shape index (κ2) is 4.55. The van der Waals surface area contributed by atoms with Crippen LogP contribution in [0.5, 0.6) is 0 Å². The number of alkyl halides is 1. The molecule has 0 saturated carbocycles. The zero-order valence-corrected chi connectivity index (χ0v) is 7.84. The second-order valence-corrected chi connectivity index (χ2v) is 3.06. The molecule has 0 aliphatic rings. The third kappa shape index (κ3) is 2.56. The Labute approximate surface area is 75.0 Å². The van der Waals surface area contributed by atoms with Crippen LogP contribution in [-0.2, 0) is 0 Å². The van der Waals surface area contributed by atoms with Crippen molar-refractivity contribution in [2.45, 2.75) is 0 Å². The van der Waals surface area contributed by atoms with Crippen molar-refractivity contribution in [1.29, 1.82) is 0 Å². The van der Waals surface area contributed by atoms with E-state index in [4.69, 9.17) is 0 Å². The van der Waals surface area contributed by atoms with Crippen molar-refractivity contribution in [2.75, 3.05) is 16.3 Å². The van der Waals surface area contributed by atoms with Crippen molar-refractivity contribution in [3.05, 3.63) is 30.3 Å². The van der Waals surface area contributed by atoms with E-state index in [0.29, 0.717) is 0 Å². The van der Waals surface area contributed by atoms with Gasteiger partial charge in [-0.05, 0) is 12.1 Å². The zero-order valence-electron chi connectivity index (χ0n) is 5.68. The molecule has 2 heteroatoms. The summed E-state index contributed by atoms with van der Waals surface area (Å²) in [5.41, 5.74) is 1.21. The van der Waals surface area contributed by atoms with Gasteiger partial charge in [0.2, 0.25) is 0 Å². The zero-order chi connectivity index (χ0) is 7.23. The quantitative estimate of drug-likeness (QED) is 0.639. The van der Waals surface area contributed by atoms with Crippen LogP contribution in [0, 0.1) is 0 Å². The van der Waals surface area contributed by atoms with Crippen LogP contribution in [0.1, 0.15) is 0 Å². The van der Waals surface area contributed by atoms with Crippen LogP contribution in [-0.4, -0.2) is 11.0 Å². The van der Waals surface area contributed by atoms with Crippen LogP contribution in [0.2, 0.25) is 0 Å². The van der Waals surface area contributed by atoms with Gasteiger partial charge < -0.3 is 5.32 Å². The maximum Gasteiger partial charge on any atom is 0.0340 e. The highest BCUT2D eigenvalue weighted by Crippen LogP contribution is 2.03. The van der Waals surface area contributed by atoms with E-state index in [1.54, 1.807) is 0 Å². The van der Waals surface area contributed by atoms with E-state index < -0.39 is 0 Å². The first kappa shape index (κ1) is 7.85. The molecule has 0 atom stereocenters. The smallest absolute Gasteiger partial charge is 0.0340 e. The SMILES string of the molecule is ICCNc1ccccc1. The van der Waals surface area contributed by atoms with Crippen molar-refractivity contribution >= 4 is 28.3 Å². The number of hydrogen-bond acceptors (Lipinski definition) is 1. The van der Waals surface area contributed by atoms with Crippen molar-refractivity contribution in [2.24, 2.45) is 0 Å². The first-order valence-electron chi connectivity index (χ1n) is 3.28. The van der Waals surface area contributed by atoms with Gasteiger partial charge in [0.25, 0.3) is 0 Å². The minimum atomic E-state index is 1.05. The van der Waals surface area contributed by atoms with E-state index in [1.165, 1.54) is 5.69 Å². The molecule has 0 saturated heterocycles. The minimum absolute atomic E-state index is 1.05. The number of benzene rings is 1. The molecule has 0 unspecified atom stereocenters. The average Bonchev–Trinajstić information content (AvgIpc) is 2.03. The molecule has 1 aromatic carbocycles. The predicted octanol–water partition coefficient (Wildman–Crippen LogP) is 2.53. The van der Waals surface area contributed by atoms with E-state index in [2.05, 4.69) is 40.0 Å². The molecule has 0 spiro atoms. The summed E-state index contributed by atoms with van der Waals surface area (Å²) in [6.07, 6.45) is 0. The molecule has 0 fully saturated rings. The number of rotatable bonds is 3. The topological polar surface area (TPSA) is 12.0 Å². The summed E-state index contributed by atoms with van der Waals surface area (Å²) in [6.45, 7) is 1.05. The highest BCUT2D eigenvalue weighted by atomic mass is 127. The maximum atomic E-state index is 3.29. The fourth-order valence-electron chi connectivity index (χ4n) is 0.748. The van der Waals surface area contributed by atoms with Crippen molar-refractivity contribution in [3.63, 3.8) is 0 Å². The third-order valence-electron chi connectivity index (χ3n) is 1.20. The Hall–Kier alpha value is -0.250. The summed E-state index contributed by atoms with van der Waals surface area (Å²) >= 11 is 2.35. The van der Waals surface area contributed by atoms with E-state index in [1.807, 2.05) is 18.2 Å². The van der Waals surface area contributed by atoms with Crippen LogP contribution in [0.25, 0.3) is 0 Å². The molecule has 0 heterocycles.